The Balaban J connectivity index is 1.37. The van der Waals surface area contributed by atoms with Gasteiger partial charge in [-0.1, -0.05) is 24.3 Å². The maximum atomic E-state index is 12.6. The van der Waals surface area contributed by atoms with E-state index in [2.05, 4.69) is 33.1 Å². The number of benzene rings is 1. The van der Waals surface area contributed by atoms with Crippen molar-refractivity contribution in [2.24, 2.45) is 5.41 Å². The van der Waals surface area contributed by atoms with Gasteiger partial charge in [-0.05, 0) is 36.8 Å². The second-order valence-electron chi connectivity index (χ2n) is 6.74. The van der Waals surface area contributed by atoms with Crippen LogP contribution in [0.1, 0.15) is 36.3 Å². The molecule has 22 heavy (non-hydrogen) atoms. The van der Waals surface area contributed by atoms with Crippen molar-refractivity contribution >= 4 is 5.91 Å². The maximum absolute atomic E-state index is 12.6. The summed E-state index contributed by atoms with van der Waals surface area (Å²) in [5.41, 5.74) is 2.80. The van der Waals surface area contributed by atoms with E-state index in [1.807, 2.05) is 24.8 Å². The summed E-state index contributed by atoms with van der Waals surface area (Å²) in [6.07, 6.45) is 10.0. The third kappa shape index (κ3) is 2.54. The molecule has 1 aromatic heterocycles. The molecule has 0 bridgehead atoms. The van der Waals surface area contributed by atoms with E-state index in [4.69, 9.17) is 0 Å². The number of aryl methyl sites for hydroxylation is 1. The lowest BCUT2D eigenvalue weighted by Gasteiger charge is -2.19. The second-order valence-corrected chi connectivity index (χ2v) is 6.74. The van der Waals surface area contributed by atoms with Gasteiger partial charge in [0.1, 0.15) is 0 Å². The Morgan fingerprint density at radius 3 is 3.00 bits per heavy atom. The zero-order valence-corrected chi connectivity index (χ0v) is 12.7. The molecule has 1 heterocycles. The Kier molecular flexibility index (Phi) is 3.25. The number of nitrogens with zero attached hydrogens (tertiary/aromatic N) is 2. The maximum Gasteiger partial charge on any atom is 0.227 e. The summed E-state index contributed by atoms with van der Waals surface area (Å²) in [6, 6.07) is 8.34. The van der Waals surface area contributed by atoms with Gasteiger partial charge in [0.15, 0.2) is 0 Å². The van der Waals surface area contributed by atoms with Gasteiger partial charge in [0.25, 0.3) is 0 Å². The van der Waals surface area contributed by atoms with Crippen LogP contribution in [0.3, 0.4) is 0 Å². The normalized spacial score (nSPS) is 21.4. The summed E-state index contributed by atoms with van der Waals surface area (Å²) in [6.45, 7) is 1.73. The van der Waals surface area contributed by atoms with Crippen LogP contribution < -0.4 is 5.32 Å². The van der Waals surface area contributed by atoms with Crippen molar-refractivity contribution in [3.05, 3.63) is 54.1 Å². The van der Waals surface area contributed by atoms with Gasteiger partial charge in [-0.3, -0.25) is 4.79 Å². The van der Waals surface area contributed by atoms with Gasteiger partial charge in [0.05, 0.1) is 12.2 Å². The van der Waals surface area contributed by atoms with E-state index in [-0.39, 0.29) is 17.2 Å². The van der Waals surface area contributed by atoms with E-state index in [1.165, 1.54) is 24.0 Å². The van der Waals surface area contributed by atoms with Crippen molar-refractivity contribution < 1.29 is 4.79 Å². The van der Waals surface area contributed by atoms with Crippen LogP contribution in [-0.2, 0) is 17.8 Å². The Labute approximate surface area is 130 Å². The Hall–Kier alpha value is -2.10. The lowest BCUT2D eigenvalue weighted by Crippen LogP contribution is -2.35. The number of hydrogen-bond donors (Lipinski definition) is 1. The van der Waals surface area contributed by atoms with Crippen molar-refractivity contribution in [1.82, 2.24) is 14.9 Å². The highest BCUT2D eigenvalue weighted by atomic mass is 16.1. The van der Waals surface area contributed by atoms with E-state index in [0.717, 1.165) is 25.9 Å². The molecular weight excluding hydrogens is 274 g/mol. The number of hydrogen-bond acceptors (Lipinski definition) is 2. The largest absolute Gasteiger partial charge is 0.355 e. The number of amides is 1. The molecule has 2 aliphatic rings. The average molecular weight is 295 g/mol. The van der Waals surface area contributed by atoms with Crippen molar-refractivity contribution in [1.29, 1.82) is 0 Å². The fourth-order valence-corrected chi connectivity index (χ4v) is 3.56. The van der Waals surface area contributed by atoms with Crippen molar-refractivity contribution in [2.45, 2.75) is 38.1 Å². The monoisotopic (exact) mass is 295 g/mol. The minimum atomic E-state index is 0.0419. The van der Waals surface area contributed by atoms with Gasteiger partial charge in [-0.2, -0.15) is 0 Å². The highest BCUT2D eigenvalue weighted by molar-refractivity contribution is 5.85. The second kappa shape index (κ2) is 5.27. The van der Waals surface area contributed by atoms with Crippen LogP contribution in [-0.4, -0.2) is 22.0 Å². The van der Waals surface area contributed by atoms with Gasteiger partial charge in [0, 0.05) is 30.9 Å². The molecule has 0 aliphatic heterocycles. The molecule has 4 nitrogen and oxygen atoms in total. The molecule has 1 amide bonds. The molecule has 4 rings (SSSR count). The molecule has 114 valence electrons. The van der Waals surface area contributed by atoms with Gasteiger partial charge >= 0.3 is 0 Å². The molecule has 0 saturated heterocycles. The number of imidazole rings is 1. The van der Waals surface area contributed by atoms with E-state index in [0.29, 0.717) is 0 Å². The van der Waals surface area contributed by atoms with Crippen LogP contribution in [0.25, 0.3) is 0 Å². The number of aromatic nitrogens is 2. The van der Waals surface area contributed by atoms with Crippen molar-refractivity contribution in [2.75, 3.05) is 6.54 Å². The van der Waals surface area contributed by atoms with E-state index in [1.54, 1.807) is 0 Å². The van der Waals surface area contributed by atoms with Crippen LogP contribution in [0, 0.1) is 5.41 Å². The standard InChI is InChI=1S/C18H21N3O/c22-17(16-6-5-14-3-1-2-4-15(14)16)20-11-18(7-8-18)12-21-10-9-19-13-21/h1-4,9-10,13,16H,5-8,11-12H2,(H,20,22). The molecule has 0 spiro atoms. The minimum Gasteiger partial charge on any atom is -0.355 e. The summed E-state index contributed by atoms with van der Waals surface area (Å²) in [4.78, 5) is 16.6. The quantitative estimate of drug-likeness (QED) is 0.921. The fraction of sp³-hybridized carbons (Fsp3) is 0.444. The number of carbonyl (C=O) groups excluding carboxylic acids is 1. The first-order valence-corrected chi connectivity index (χ1v) is 8.07. The predicted octanol–water partition coefficient (Wildman–Crippen LogP) is 2.51. The first-order valence-electron chi connectivity index (χ1n) is 8.07. The van der Waals surface area contributed by atoms with Crippen LogP contribution in [0.15, 0.2) is 43.0 Å². The van der Waals surface area contributed by atoms with Gasteiger partial charge in [-0.25, -0.2) is 4.98 Å². The van der Waals surface area contributed by atoms with Gasteiger partial charge in [-0.15, -0.1) is 0 Å². The molecule has 2 aliphatic carbocycles. The topological polar surface area (TPSA) is 46.9 Å². The highest BCUT2D eigenvalue weighted by Gasteiger charge is 2.43. The average Bonchev–Trinajstić information content (AvgIpc) is 2.94. The molecule has 1 saturated carbocycles. The first kappa shape index (κ1) is 13.6. The molecule has 0 radical (unpaired) electrons. The van der Waals surface area contributed by atoms with E-state index in [9.17, 15) is 4.79 Å². The molecule has 1 atom stereocenters. The highest BCUT2D eigenvalue weighted by Crippen LogP contribution is 2.46. The Morgan fingerprint density at radius 2 is 2.23 bits per heavy atom. The van der Waals surface area contributed by atoms with Crippen LogP contribution in [0.5, 0.6) is 0 Å². The van der Waals surface area contributed by atoms with E-state index >= 15 is 0 Å². The predicted molar refractivity (Wildman–Crippen MR) is 84.4 cm³/mol. The number of nitrogens with one attached hydrogen (secondary N) is 1. The lowest BCUT2D eigenvalue weighted by molar-refractivity contribution is -0.122. The van der Waals surface area contributed by atoms with Crippen molar-refractivity contribution in [3.8, 4) is 0 Å². The van der Waals surface area contributed by atoms with Gasteiger partial charge in [0.2, 0.25) is 5.91 Å². The zero-order valence-electron chi connectivity index (χ0n) is 12.7. The van der Waals surface area contributed by atoms with Crippen LogP contribution in [0.2, 0.25) is 0 Å². The minimum absolute atomic E-state index is 0.0419. The third-order valence-corrected chi connectivity index (χ3v) is 5.12. The van der Waals surface area contributed by atoms with Crippen LogP contribution >= 0.6 is 0 Å². The smallest absolute Gasteiger partial charge is 0.227 e. The summed E-state index contributed by atoms with van der Waals surface area (Å²) in [5.74, 6) is 0.238. The van der Waals surface area contributed by atoms with E-state index < -0.39 is 0 Å². The summed E-state index contributed by atoms with van der Waals surface area (Å²) >= 11 is 0. The molecule has 1 fully saturated rings. The summed E-state index contributed by atoms with van der Waals surface area (Å²) < 4.78 is 2.12. The molecule has 1 unspecified atom stereocenters. The number of fused-ring (bicyclic) bond motifs is 1. The summed E-state index contributed by atoms with van der Waals surface area (Å²) in [7, 11) is 0. The van der Waals surface area contributed by atoms with Crippen molar-refractivity contribution in [3.63, 3.8) is 0 Å². The van der Waals surface area contributed by atoms with Gasteiger partial charge < -0.3 is 9.88 Å². The van der Waals surface area contributed by atoms with Crippen LogP contribution in [0.4, 0.5) is 0 Å². The molecular formula is C18H21N3O. The number of carbonyl (C=O) groups is 1. The molecule has 4 heteroatoms. The summed E-state index contributed by atoms with van der Waals surface area (Å²) in [5, 5.41) is 3.21. The SMILES string of the molecule is O=C(NCC1(Cn2ccnc2)CC1)C1CCc2ccccc21. The molecule has 1 N–H and O–H groups in total. The zero-order chi connectivity index (χ0) is 15.0. The Morgan fingerprint density at radius 1 is 1.36 bits per heavy atom. The third-order valence-electron chi connectivity index (χ3n) is 5.12. The molecule has 2 aromatic rings. The number of rotatable bonds is 5. The molecule has 1 aromatic carbocycles. The lowest BCUT2D eigenvalue weighted by atomic mass is 10.00. The fourth-order valence-electron chi connectivity index (χ4n) is 3.56. The first-order chi connectivity index (χ1) is 10.8. The Bertz CT molecular complexity index is 673.